The van der Waals surface area contributed by atoms with E-state index in [1.807, 2.05) is 0 Å². The molecule has 0 heterocycles. The maximum atomic E-state index is 12.6. The Bertz CT molecular complexity index is 845. The van der Waals surface area contributed by atoms with E-state index in [9.17, 15) is 14.4 Å². The van der Waals surface area contributed by atoms with Crippen molar-refractivity contribution in [1.82, 2.24) is 0 Å². The van der Waals surface area contributed by atoms with Crippen molar-refractivity contribution < 1.29 is 28.6 Å². The predicted octanol–water partition coefficient (Wildman–Crippen LogP) is 12.6. The van der Waals surface area contributed by atoms with E-state index in [-0.39, 0.29) is 31.1 Å². The molecular formula is C43H76O6. The lowest BCUT2D eigenvalue weighted by molar-refractivity contribution is -0.167. The van der Waals surface area contributed by atoms with Gasteiger partial charge in [0.25, 0.3) is 0 Å². The van der Waals surface area contributed by atoms with E-state index in [1.165, 1.54) is 89.9 Å². The highest BCUT2D eigenvalue weighted by atomic mass is 16.6. The summed E-state index contributed by atoms with van der Waals surface area (Å²) in [6, 6.07) is 0. The van der Waals surface area contributed by atoms with Gasteiger partial charge < -0.3 is 14.2 Å². The van der Waals surface area contributed by atoms with Crippen LogP contribution in [0, 0.1) is 0 Å². The fourth-order valence-electron chi connectivity index (χ4n) is 5.58. The molecule has 0 aromatic carbocycles. The topological polar surface area (TPSA) is 78.9 Å². The minimum absolute atomic E-state index is 0.0853. The molecule has 0 N–H and O–H groups in total. The van der Waals surface area contributed by atoms with Gasteiger partial charge >= 0.3 is 17.9 Å². The van der Waals surface area contributed by atoms with Crippen molar-refractivity contribution in [2.75, 3.05) is 13.2 Å². The Morgan fingerprint density at radius 3 is 1.24 bits per heavy atom. The van der Waals surface area contributed by atoms with Gasteiger partial charge in [-0.1, -0.05) is 173 Å². The summed E-state index contributed by atoms with van der Waals surface area (Å²) in [6.45, 7) is 6.42. The molecule has 0 fully saturated rings. The number of carbonyl (C=O) groups is 3. The van der Waals surface area contributed by atoms with Gasteiger partial charge in [0.15, 0.2) is 6.10 Å². The highest BCUT2D eigenvalue weighted by molar-refractivity contribution is 5.71. The Hall–Kier alpha value is -2.37. The first-order chi connectivity index (χ1) is 24.0. The van der Waals surface area contributed by atoms with Crippen molar-refractivity contribution >= 4 is 17.9 Å². The van der Waals surface area contributed by atoms with Crippen LogP contribution < -0.4 is 0 Å². The molecule has 1 unspecified atom stereocenters. The fraction of sp³-hybridized carbons (Fsp3) is 0.791. The molecule has 6 heteroatoms. The summed E-state index contributed by atoms with van der Waals surface area (Å²) in [5, 5.41) is 0. The summed E-state index contributed by atoms with van der Waals surface area (Å²) in [4.78, 5) is 37.4. The van der Waals surface area contributed by atoms with Crippen LogP contribution >= 0.6 is 0 Å². The second-order valence-electron chi connectivity index (χ2n) is 13.5. The van der Waals surface area contributed by atoms with Crippen molar-refractivity contribution in [3.8, 4) is 0 Å². The lowest BCUT2D eigenvalue weighted by Crippen LogP contribution is -2.30. The summed E-state index contributed by atoms with van der Waals surface area (Å²) in [6.07, 6.45) is 41.4. The third-order valence-electron chi connectivity index (χ3n) is 8.66. The lowest BCUT2D eigenvalue weighted by Gasteiger charge is -2.18. The van der Waals surface area contributed by atoms with Gasteiger partial charge in [-0.05, 0) is 44.9 Å². The number of hydrogen-bond acceptors (Lipinski definition) is 6. The molecule has 0 aliphatic heterocycles. The van der Waals surface area contributed by atoms with Gasteiger partial charge in [0.05, 0.1) is 0 Å². The number of ether oxygens (including phenoxy) is 3. The third kappa shape index (κ3) is 36.7. The van der Waals surface area contributed by atoms with Crippen LogP contribution in [0.2, 0.25) is 0 Å². The molecule has 0 spiro atoms. The number of carbonyl (C=O) groups excluding carboxylic acids is 3. The van der Waals surface area contributed by atoms with Gasteiger partial charge in [-0.3, -0.25) is 14.4 Å². The molecule has 284 valence electrons. The molecule has 1 atom stereocenters. The molecule has 0 saturated carbocycles. The second-order valence-corrected chi connectivity index (χ2v) is 13.5. The highest BCUT2D eigenvalue weighted by Crippen LogP contribution is 2.14. The number of unbranched alkanes of at least 4 members (excludes halogenated alkanes) is 19. The second kappa shape index (κ2) is 38.4. The van der Waals surface area contributed by atoms with Gasteiger partial charge in [-0.15, -0.1) is 0 Å². The quantitative estimate of drug-likeness (QED) is 0.0282. The molecule has 6 nitrogen and oxygen atoms in total. The molecule has 49 heavy (non-hydrogen) atoms. The Balaban J connectivity index is 4.43. The van der Waals surface area contributed by atoms with Gasteiger partial charge in [-0.25, -0.2) is 0 Å². The first-order valence-corrected chi connectivity index (χ1v) is 20.5. The third-order valence-corrected chi connectivity index (χ3v) is 8.66. The first kappa shape index (κ1) is 46.6. The van der Waals surface area contributed by atoms with Crippen LogP contribution in [0.4, 0.5) is 0 Å². The van der Waals surface area contributed by atoms with E-state index >= 15 is 0 Å². The molecule has 0 amide bonds. The Kier molecular flexibility index (Phi) is 36.6. The molecular weight excluding hydrogens is 612 g/mol. The van der Waals surface area contributed by atoms with Crippen molar-refractivity contribution in [1.29, 1.82) is 0 Å². The van der Waals surface area contributed by atoms with E-state index < -0.39 is 6.10 Å². The van der Waals surface area contributed by atoms with Crippen molar-refractivity contribution in [2.24, 2.45) is 0 Å². The SMILES string of the molecule is CC/C=C\C/C=C\C/C=C\CCCC(=O)OCC(COC(=O)CCCCCCCCCCC)OC(=O)CCCCCCCCCCCCC. The van der Waals surface area contributed by atoms with Crippen LogP contribution in [-0.4, -0.2) is 37.2 Å². The average molecular weight is 689 g/mol. The van der Waals surface area contributed by atoms with Crippen molar-refractivity contribution in [3.05, 3.63) is 36.5 Å². The van der Waals surface area contributed by atoms with Crippen LogP contribution in [-0.2, 0) is 28.6 Å². The van der Waals surface area contributed by atoms with Gasteiger partial charge in [0.1, 0.15) is 13.2 Å². The standard InChI is InChI=1S/C43H76O6/c1-4-7-10-13-16-19-21-24-27-30-33-36-42(45)48-39-40(38-47-41(44)35-32-29-26-23-18-15-12-9-6-3)49-43(46)37-34-31-28-25-22-20-17-14-11-8-5-2/h7,10,16,19,24,27,40H,4-6,8-9,11-15,17-18,20-23,25-26,28-39H2,1-3H3/b10-7-,19-16-,27-24-. The number of hydrogen-bond donors (Lipinski definition) is 0. The zero-order chi connectivity index (χ0) is 35.9. The maximum absolute atomic E-state index is 12.6. The average Bonchev–Trinajstić information content (AvgIpc) is 3.10. The highest BCUT2D eigenvalue weighted by Gasteiger charge is 2.19. The van der Waals surface area contributed by atoms with E-state index in [4.69, 9.17) is 14.2 Å². The Morgan fingerprint density at radius 2 is 0.796 bits per heavy atom. The summed E-state index contributed by atoms with van der Waals surface area (Å²) in [7, 11) is 0. The van der Waals surface area contributed by atoms with E-state index in [0.717, 1.165) is 64.2 Å². The molecule has 0 aliphatic carbocycles. The largest absolute Gasteiger partial charge is 0.462 e. The smallest absolute Gasteiger partial charge is 0.306 e. The van der Waals surface area contributed by atoms with Crippen LogP contribution in [0.15, 0.2) is 36.5 Å². The summed E-state index contributed by atoms with van der Waals surface area (Å²) in [5.74, 6) is -0.948. The van der Waals surface area contributed by atoms with Crippen LogP contribution in [0.3, 0.4) is 0 Å². The van der Waals surface area contributed by atoms with E-state index in [1.54, 1.807) is 0 Å². The number of allylic oxidation sites excluding steroid dienone is 6. The summed E-state index contributed by atoms with van der Waals surface area (Å²) < 4.78 is 16.6. The van der Waals surface area contributed by atoms with E-state index in [0.29, 0.717) is 25.7 Å². The van der Waals surface area contributed by atoms with Gasteiger partial charge in [0.2, 0.25) is 0 Å². The fourth-order valence-corrected chi connectivity index (χ4v) is 5.58. The zero-order valence-corrected chi connectivity index (χ0v) is 32.2. The minimum atomic E-state index is -0.782. The summed E-state index contributed by atoms with van der Waals surface area (Å²) >= 11 is 0. The van der Waals surface area contributed by atoms with Crippen LogP contribution in [0.1, 0.15) is 201 Å². The molecule has 0 rings (SSSR count). The van der Waals surface area contributed by atoms with E-state index in [2.05, 4.69) is 57.2 Å². The number of rotatable bonds is 36. The Morgan fingerprint density at radius 1 is 0.429 bits per heavy atom. The van der Waals surface area contributed by atoms with Gasteiger partial charge in [0, 0.05) is 19.3 Å². The first-order valence-electron chi connectivity index (χ1n) is 20.5. The van der Waals surface area contributed by atoms with Crippen molar-refractivity contribution in [2.45, 2.75) is 207 Å². The van der Waals surface area contributed by atoms with Crippen LogP contribution in [0.25, 0.3) is 0 Å². The summed E-state index contributed by atoms with van der Waals surface area (Å²) in [5.41, 5.74) is 0. The number of esters is 3. The Labute approximate surface area is 302 Å². The monoisotopic (exact) mass is 689 g/mol. The normalized spacial score (nSPS) is 12.3. The lowest BCUT2D eigenvalue weighted by atomic mass is 10.1. The van der Waals surface area contributed by atoms with Gasteiger partial charge in [-0.2, -0.15) is 0 Å². The zero-order valence-electron chi connectivity index (χ0n) is 32.2. The maximum Gasteiger partial charge on any atom is 0.306 e. The van der Waals surface area contributed by atoms with Crippen LogP contribution in [0.5, 0.6) is 0 Å². The van der Waals surface area contributed by atoms with Crippen molar-refractivity contribution in [3.63, 3.8) is 0 Å². The minimum Gasteiger partial charge on any atom is -0.462 e. The molecule has 0 saturated heterocycles. The molecule has 0 aromatic heterocycles. The predicted molar refractivity (Wildman–Crippen MR) is 206 cm³/mol. The molecule has 0 bridgehead atoms. The molecule has 0 radical (unpaired) electrons. The molecule has 0 aromatic rings. The molecule has 0 aliphatic rings.